The fraction of sp³-hybridized carbons (Fsp3) is 0.870. The van der Waals surface area contributed by atoms with Crippen molar-refractivity contribution >= 4 is 5.78 Å². The number of allylic oxidation sites excluding steroid dienone is 1. The van der Waals surface area contributed by atoms with Crippen LogP contribution in [0.1, 0.15) is 73.6 Å². The lowest BCUT2D eigenvalue weighted by atomic mass is 9.62. The molecule has 0 radical (unpaired) electrons. The second kappa shape index (κ2) is 8.56. The van der Waals surface area contributed by atoms with Crippen LogP contribution in [0.15, 0.2) is 12.2 Å². The van der Waals surface area contributed by atoms with E-state index in [4.69, 9.17) is 9.47 Å². The number of hydrogen-bond donors (Lipinski definition) is 0. The molecule has 0 unspecified atom stereocenters. The zero-order chi connectivity index (χ0) is 19.5. The van der Waals surface area contributed by atoms with Crippen molar-refractivity contribution in [1.82, 2.24) is 0 Å². The summed E-state index contributed by atoms with van der Waals surface area (Å²) in [5.41, 5.74) is -0.0577. The molecule has 0 aromatic rings. The summed E-state index contributed by atoms with van der Waals surface area (Å²) in [5, 5.41) is 0. The van der Waals surface area contributed by atoms with Gasteiger partial charge in [0.2, 0.25) is 0 Å². The maximum Gasteiger partial charge on any atom is 0.147 e. The smallest absolute Gasteiger partial charge is 0.147 e. The first kappa shape index (κ1) is 21.6. The number of carbonyl (C=O) groups excluding carboxylic acids is 1. The van der Waals surface area contributed by atoms with Crippen LogP contribution in [-0.2, 0) is 14.3 Å². The Hall–Kier alpha value is -0.670. The molecule has 2 aliphatic carbocycles. The minimum Gasteiger partial charge on any atom is -0.359 e. The number of ether oxygens (including phenoxy) is 2. The third-order valence-electron chi connectivity index (χ3n) is 7.26. The van der Waals surface area contributed by atoms with Crippen LogP contribution in [0.5, 0.6) is 0 Å². The summed E-state index contributed by atoms with van der Waals surface area (Å²) in [6.07, 6.45) is 10.1. The molecule has 2 rings (SSSR count). The Morgan fingerprint density at radius 2 is 1.92 bits per heavy atom. The molecule has 2 saturated carbocycles. The van der Waals surface area contributed by atoms with Gasteiger partial charge in [0, 0.05) is 25.4 Å². The summed E-state index contributed by atoms with van der Waals surface area (Å²) in [5.74, 6) is 2.76. The number of Topliss-reactive ketones (excluding diaryl/α,β-unsaturated/α-hetero) is 1. The van der Waals surface area contributed by atoms with Gasteiger partial charge in [0.25, 0.3) is 0 Å². The van der Waals surface area contributed by atoms with Gasteiger partial charge in [-0.3, -0.25) is 4.79 Å². The van der Waals surface area contributed by atoms with E-state index in [1.807, 2.05) is 0 Å². The number of methoxy groups -OCH3 is 1. The molecule has 26 heavy (non-hydrogen) atoms. The highest BCUT2D eigenvalue weighted by Gasteiger charge is 2.52. The Balaban J connectivity index is 2.11. The van der Waals surface area contributed by atoms with Crippen LogP contribution in [0.3, 0.4) is 0 Å². The molecule has 0 aromatic carbocycles. The van der Waals surface area contributed by atoms with E-state index in [-0.39, 0.29) is 11.0 Å². The summed E-state index contributed by atoms with van der Waals surface area (Å²) in [6, 6.07) is 0. The van der Waals surface area contributed by atoms with Crippen molar-refractivity contribution in [3.8, 4) is 0 Å². The highest BCUT2D eigenvalue weighted by atomic mass is 16.7. The number of carbonyl (C=O) groups is 1. The zero-order valence-electron chi connectivity index (χ0n) is 18.0. The molecular weight excluding hydrogens is 324 g/mol. The number of ketones is 1. The Labute approximate surface area is 160 Å². The van der Waals surface area contributed by atoms with Gasteiger partial charge in [0.1, 0.15) is 12.6 Å². The zero-order valence-corrected chi connectivity index (χ0v) is 18.0. The van der Waals surface area contributed by atoms with Crippen LogP contribution in [0.4, 0.5) is 0 Å². The van der Waals surface area contributed by atoms with Crippen molar-refractivity contribution < 1.29 is 14.3 Å². The van der Waals surface area contributed by atoms with E-state index in [1.165, 1.54) is 12.8 Å². The average molecular weight is 365 g/mol. The number of rotatable bonds is 8. The number of hydrogen-bond acceptors (Lipinski definition) is 3. The maximum atomic E-state index is 12.4. The third-order valence-corrected chi connectivity index (χ3v) is 7.26. The Bertz CT molecular complexity index is 508. The molecular formula is C23H40O3. The molecule has 5 atom stereocenters. The van der Waals surface area contributed by atoms with Gasteiger partial charge in [0.15, 0.2) is 0 Å². The maximum absolute atomic E-state index is 12.4. The molecule has 0 amide bonds. The van der Waals surface area contributed by atoms with Crippen LogP contribution in [-0.4, -0.2) is 25.3 Å². The quantitative estimate of drug-likeness (QED) is 0.413. The molecule has 0 aromatic heterocycles. The average Bonchev–Trinajstić information content (AvgIpc) is 2.91. The minimum atomic E-state index is -0.261. The van der Waals surface area contributed by atoms with E-state index in [9.17, 15) is 4.79 Å². The summed E-state index contributed by atoms with van der Waals surface area (Å²) in [4.78, 5) is 12.4. The van der Waals surface area contributed by atoms with Crippen LogP contribution in [0.25, 0.3) is 0 Å². The normalized spacial score (nSPS) is 32.2. The van der Waals surface area contributed by atoms with E-state index < -0.39 is 0 Å². The second-order valence-electron chi connectivity index (χ2n) is 9.73. The van der Waals surface area contributed by atoms with Crippen molar-refractivity contribution in [2.75, 3.05) is 13.9 Å². The third kappa shape index (κ3) is 4.42. The van der Waals surface area contributed by atoms with Crippen molar-refractivity contribution in [2.45, 2.75) is 79.2 Å². The van der Waals surface area contributed by atoms with Crippen molar-refractivity contribution in [2.24, 2.45) is 35.0 Å². The predicted octanol–water partition coefficient (Wildman–Crippen LogP) is 5.64. The van der Waals surface area contributed by atoms with E-state index >= 15 is 0 Å². The van der Waals surface area contributed by atoms with Crippen molar-refractivity contribution in [3.05, 3.63) is 12.2 Å². The van der Waals surface area contributed by atoms with Gasteiger partial charge in [0.05, 0.1) is 5.60 Å². The molecule has 0 heterocycles. The Kier molecular flexibility index (Phi) is 7.12. The van der Waals surface area contributed by atoms with E-state index in [0.29, 0.717) is 42.2 Å². The van der Waals surface area contributed by atoms with E-state index in [1.54, 1.807) is 7.11 Å². The summed E-state index contributed by atoms with van der Waals surface area (Å²) in [7, 11) is 1.67. The molecule has 0 bridgehead atoms. The van der Waals surface area contributed by atoms with Crippen LogP contribution >= 0.6 is 0 Å². The summed E-state index contributed by atoms with van der Waals surface area (Å²) in [6.45, 7) is 13.9. The van der Waals surface area contributed by atoms with Gasteiger partial charge in [-0.25, -0.2) is 0 Å². The fourth-order valence-corrected chi connectivity index (χ4v) is 5.83. The van der Waals surface area contributed by atoms with Gasteiger partial charge in [-0.15, -0.1) is 0 Å². The lowest BCUT2D eigenvalue weighted by Crippen LogP contribution is -2.39. The molecule has 0 aliphatic heterocycles. The molecule has 0 spiro atoms. The van der Waals surface area contributed by atoms with Crippen molar-refractivity contribution in [1.29, 1.82) is 0 Å². The first-order chi connectivity index (χ1) is 12.1. The minimum absolute atomic E-state index is 0.203. The lowest BCUT2D eigenvalue weighted by molar-refractivity contribution is -0.137. The standard InChI is InChI=1S/C23H40O3/c1-16(2)18(22(4,5)26-15-25-7)11-10-17(3)19-12-13-20-21(24)9-8-14-23(19,20)6/h10-11,16-20H,8-9,12-15H2,1-7H3/b11-10+/t17-,18-,19-,20+,23-/m1/s1. The predicted molar refractivity (Wildman–Crippen MR) is 107 cm³/mol. The Morgan fingerprint density at radius 1 is 1.23 bits per heavy atom. The molecule has 0 N–H and O–H groups in total. The molecule has 150 valence electrons. The van der Waals surface area contributed by atoms with Crippen LogP contribution in [0, 0.1) is 35.0 Å². The van der Waals surface area contributed by atoms with E-state index in [0.717, 1.165) is 19.3 Å². The fourth-order valence-electron chi connectivity index (χ4n) is 5.83. The SMILES string of the molecule is COCOC(C)(C)[C@H](/C=C/[C@@H](C)[C@H]1CC[C@H]2C(=O)CCC[C@]12C)C(C)C. The van der Waals surface area contributed by atoms with Gasteiger partial charge in [-0.05, 0) is 62.7 Å². The summed E-state index contributed by atoms with van der Waals surface area (Å²) < 4.78 is 11.1. The van der Waals surface area contributed by atoms with Gasteiger partial charge >= 0.3 is 0 Å². The number of fused-ring (bicyclic) bond motifs is 1. The largest absolute Gasteiger partial charge is 0.359 e. The van der Waals surface area contributed by atoms with E-state index in [2.05, 4.69) is 53.7 Å². The highest BCUT2D eigenvalue weighted by Crippen LogP contribution is 2.56. The second-order valence-corrected chi connectivity index (χ2v) is 9.73. The first-order valence-electron chi connectivity index (χ1n) is 10.5. The molecule has 2 aliphatic rings. The molecule has 2 fully saturated rings. The van der Waals surface area contributed by atoms with Crippen LogP contribution in [0.2, 0.25) is 0 Å². The van der Waals surface area contributed by atoms with Crippen LogP contribution < -0.4 is 0 Å². The lowest BCUT2D eigenvalue weighted by Gasteiger charge is -2.42. The molecule has 3 nitrogen and oxygen atoms in total. The topological polar surface area (TPSA) is 35.5 Å². The molecule has 0 saturated heterocycles. The van der Waals surface area contributed by atoms with Gasteiger partial charge < -0.3 is 9.47 Å². The molecule has 3 heteroatoms. The van der Waals surface area contributed by atoms with Gasteiger partial charge in [-0.1, -0.05) is 39.8 Å². The first-order valence-corrected chi connectivity index (χ1v) is 10.5. The Morgan fingerprint density at radius 3 is 2.54 bits per heavy atom. The highest BCUT2D eigenvalue weighted by molar-refractivity contribution is 5.83. The summed E-state index contributed by atoms with van der Waals surface area (Å²) >= 11 is 0. The van der Waals surface area contributed by atoms with Gasteiger partial charge in [-0.2, -0.15) is 0 Å². The monoisotopic (exact) mass is 364 g/mol. The van der Waals surface area contributed by atoms with Crippen molar-refractivity contribution in [3.63, 3.8) is 0 Å².